The molecule has 1 rings (SSSR count). The van der Waals surface area contributed by atoms with Crippen LogP contribution in [0.3, 0.4) is 0 Å². The zero-order chi connectivity index (χ0) is 9.14. The minimum Gasteiger partial charge on any atom is -0.357 e. The van der Waals surface area contributed by atoms with Gasteiger partial charge in [-0.3, -0.25) is 9.48 Å². The third kappa shape index (κ3) is 1.85. The fraction of sp³-hybridized carbons (Fsp3) is 0.429. The van der Waals surface area contributed by atoms with Gasteiger partial charge in [0.1, 0.15) is 6.04 Å². The van der Waals surface area contributed by atoms with Crippen molar-refractivity contribution in [3.63, 3.8) is 0 Å². The van der Waals surface area contributed by atoms with E-state index in [0.29, 0.717) is 0 Å². The van der Waals surface area contributed by atoms with Gasteiger partial charge in [-0.25, -0.2) is 0 Å². The van der Waals surface area contributed by atoms with E-state index in [-0.39, 0.29) is 11.9 Å². The van der Waals surface area contributed by atoms with Crippen LogP contribution in [0.1, 0.15) is 13.0 Å². The number of likely N-dealkylation sites (N-methyl/N-ethyl adjacent to an activating group) is 1. The number of aromatic nitrogens is 2. The highest BCUT2D eigenvalue weighted by Gasteiger charge is 2.13. The Balaban J connectivity index is 2.77. The van der Waals surface area contributed by atoms with Crippen LogP contribution in [0.15, 0.2) is 16.9 Å². The van der Waals surface area contributed by atoms with Gasteiger partial charge in [-0.15, -0.1) is 0 Å². The zero-order valence-corrected chi connectivity index (χ0v) is 8.50. The van der Waals surface area contributed by atoms with Gasteiger partial charge in [-0.2, -0.15) is 5.10 Å². The minimum absolute atomic E-state index is 0.0504. The third-order valence-electron chi connectivity index (χ3n) is 1.59. The lowest BCUT2D eigenvalue weighted by molar-refractivity contribution is -0.123. The summed E-state index contributed by atoms with van der Waals surface area (Å²) < 4.78 is 2.47. The lowest BCUT2D eigenvalue weighted by atomic mass is 10.3. The number of nitrogens with one attached hydrogen (secondary N) is 1. The van der Waals surface area contributed by atoms with Gasteiger partial charge in [-0.1, -0.05) is 0 Å². The van der Waals surface area contributed by atoms with Crippen molar-refractivity contribution in [2.45, 2.75) is 13.0 Å². The molecule has 0 aliphatic heterocycles. The Kier molecular flexibility index (Phi) is 2.86. The van der Waals surface area contributed by atoms with Crippen LogP contribution in [0, 0.1) is 0 Å². The van der Waals surface area contributed by atoms with Crippen LogP contribution in [-0.4, -0.2) is 22.7 Å². The summed E-state index contributed by atoms with van der Waals surface area (Å²) in [5, 5.41) is 6.55. The maximum atomic E-state index is 11.1. The Morgan fingerprint density at radius 1 is 1.83 bits per heavy atom. The van der Waals surface area contributed by atoms with E-state index in [9.17, 15) is 4.79 Å². The normalized spacial score (nSPS) is 12.6. The molecular formula is C7H10BrN3O. The first-order valence-electron chi connectivity index (χ1n) is 3.56. The minimum atomic E-state index is -0.263. The largest absolute Gasteiger partial charge is 0.357 e. The van der Waals surface area contributed by atoms with Gasteiger partial charge in [0.2, 0.25) is 5.91 Å². The van der Waals surface area contributed by atoms with Crippen molar-refractivity contribution >= 4 is 21.8 Å². The standard InChI is InChI=1S/C7H10BrN3O/c1-5(7(12)9-2)11-4-6(8)3-10-11/h3-5H,1-2H3,(H,9,12). The lowest BCUT2D eigenvalue weighted by Gasteiger charge is -2.09. The molecule has 1 heterocycles. The van der Waals surface area contributed by atoms with E-state index < -0.39 is 0 Å². The highest BCUT2D eigenvalue weighted by Crippen LogP contribution is 2.11. The monoisotopic (exact) mass is 231 g/mol. The molecule has 1 N–H and O–H groups in total. The van der Waals surface area contributed by atoms with E-state index >= 15 is 0 Å². The Hall–Kier alpha value is -0.840. The average Bonchev–Trinajstić information content (AvgIpc) is 2.49. The van der Waals surface area contributed by atoms with Crippen LogP contribution >= 0.6 is 15.9 Å². The number of rotatable bonds is 2. The number of carbonyl (C=O) groups excluding carboxylic acids is 1. The van der Waals surface area contributed by atoms with E-state index in [2.05, 4.69) is 26.3 Å². The molecule has 5 heteroatoms. The summed E-state index contributed by atoms with van der Waals surface area (Å²) >= 11 is 3.26. The quantitative estimate of drug-likeness (QED) is 0.825. The summed E-state index contributed by atoms with van der Waals surface area (Å²) in [7, 11) is 1.61. The molecule has 0 radical (unpaired) electrons. The summed E-state index contributed by atoms with van der Waals surface area (Å²) in [5.41, 5.74) is 0. The molecule has 0 bridgehead atoms. The predicted octanol–water partition coefficient (Wildman–Crippen LogP) is 0.953. The summed E-state index contributed by atoms with van der Waals surface area (Å²) in [6, 6.07) is -0.263. The first-order valence-corrected chi connectivity index (χ1v) is 4.35. The van der Waals surface area contributed by atoms with Crippen molar-refractivity contribution in [3.05, 3.63) is 16.9 Å². The van der Waals surface area contributed by atoms with Crippen LogP contribution in [0.25, 0.3) is 0 Å². The number of amides is 1. The molecular weight excluding hydrogens is 222 g/mol. The van der Waals surface area contributed by atoms with Gasteiger partial charge < -0.3 is 5.32 Å². The fourth-order valence-corrected chi connectivity index (χ4v) is 1.16. The third-order valence-corrected chi connectivity index (χ3v) is 2.00. The molecule has 1 aromatic rings. The number of halogens is 1. The number of carbonyl (C=O) groups is 1. The van der Waals surface area contributed by atoms with Crippen LogP contribution in [0.2, 0.25) is 0 Å². The summed E-state index contributed by atoms with van der Waals surface area (Å²) in [5.74, 6) is -0.0504. The molecule has 4 nitrogen and oxygen atoms in total. The van der Waals surface area contributed by atoms with Gasteiger partial charge in [0, 0.05) is 13.2 Å². The second-order valence-corrected chi connectivity index (χ2v) is 3.34. The van der Waals surface area contributed by atoms with Gasteiger partial charge in [0.15, 0.2) is 0 Å². The van der Waals surface area contributed by atoms with Crippen molar-refractivity contribution in [1.82, 2.24) is 15.1 Å². The summed E-state index contributed by atoms with van der Waals surface area (Å²) in [4.78, 5) is 11.1. The highest BCUT2D eigenvalue weighted by atomic mass is 79.9. The Bertz CT molecular complexity index is 284. The fourth-order valence-electron chi connectivity index (χ4n) is 0.856. The second kappa shape index (κ2) is 3.71. The first kappa shape index (κ1) is 9.25. The maximum Gasteiger partial charge on any atom is 0.244 e. The van der Waals surface area contributed by atoms with E-state index in [4.69, 9.17) is 0 Å². The Morgan fingerprint density at radius 2 is 2.50 bits per heavy atom. The molecule has 0 aromatic carbocycles. The molecule has 0 saturated heterocycles. The van der Waals surface area contributed by atoms with Crippen molar-refractivity contribution in [2.24, 2.45) is 0 Å². The summed E-state index contributed by atoms with van der Waals surface area (Å²) in [6.07, 6.45) is 3.42. The van der Waals surface area contributed by atoms with E-state index in [1.165, 1.54) is 0 Å². The Labute approximate surface area is 79.1 Å². The number of hydrogen-bond donors (Lipinski definition) is 1. The van der Waals surface area contributed by atoms with Crippen molar-refractivity contribution < 1.29 is 4.79 Å². The molecule has 0 spiro atoms. The molecule has 1 aromatic heterocycles. The topological polar surface area (TPSA) is 46.9 Å². The van der Waals surface area contributed by atoms with Crippen LogP contribution in [-0.2, 0) is 4.79 Å². The van der Waals surface area contributed by atoms with E-state index in [0.717, 1.165) is 4.47 Å². The summed E-state index contributed by atoms with van der Waals surface area (Å²) in [6.45, 7) is 1.79. The van der Waals surface area contributed by atoms with Crippen LogP contribution in [0.4, 0.5) is 0 Å². The van der Waals surface area contributed by atoms with E-state index in [1.807, 2.05) is 0 Å². The van der Waals surface area contributed by atoms with Crippen LogP contribution in [0.5, 0.6) is 0 Å². The molecule has 12 heavy (non-hydrogen) atoms. The SMILES string of the molecule is CNC(=O)C(C)n1cc(Br)cn1. The first-order chi connectivity index (χ1) is 5.65. The molecule has 0 aliphatic carbocycles. The molecule has 0 saturated carbocycles. The van der Waals surface area contributed by atoms with Crippen molar-refractivity contribution in [3.8, 4) is 0 Å². The van der Waals surface area contributed by atoms with Crippen molar-refractivity contribution in [1.29, 1.82) is 0 Å². The predicted molar refractivity (Wildman–Crippen MR) is 48.7 cm³/mol. The van der Waals surface area contributed by atoms with E-state index in [1.54, 1.807) is 31.0 Å². The molecule has 66 valence electrons. The van der Waals surface area contributed by atoms with Crippen LogP contribution < -0.4 is 5.32 Å². The molecule has 0 aliphatic rings. The Morgan fingerprint density at radius 3 is 2.92 bits per heavy atom. The van der Waals surface area contributed by atoms with Crippen molar-refractivity contribution in [2.75, 3.05) is 7.05 Å². The second-order valence-electron chi connectivity index (χ2n) is 2.43. The molecule has 1 atom stereocenters. The van der Waals surface area contributed by atoms with Gasteiger partial charge in [0.25, 0.3) is 0 Å². The molecule has 1 amide bonds. The van der Waals surface area contributed by atoms with Gasteiger partial charge >= 0.3 is 0 Å². The number of nitrogens with zero attached hydrogens (tertiary/aromatic N) is 2. The van der Waals surface area contributed by atoms with Gasteiger partial charge in [-0.05, 0) is 22.9 Å². The molecule has 0 fully saturated rings. The smallest absolute Gasteiger partial charge is 0.244 e. The zero-order valence-electron chi connectivity index (χ0n) is 6.91. The van der Waals surface area contributed by atoms with Gasteiger partial charge in [0.05, 0.1) is 10.7 Å². The lowest BCUT2D eigenvalue weighted by Crippen LogP contribution is -2.27. The highest BCUT2D eigenvalue weighted by molar-refractivity contribution is 9.10. The number of hydrogen-bond acceptors (Lipinski definition) is 2. The molecule has 1 unspecified atom stereocenters. The average molecular weight is 232 g/mol. The maximum absolute atomic E-state index is 11.1.